The van der Waals surface area contributed by atoms with Gasteiger partial charge in [-0.15, -0.1) is 5.10 Å². The third-order valence-electron chi connectivity index (χ3n) is 3.35. The maximum Gasteiger partial charge on any atom is 0.342 e. The summed E-state index contributed by atoms with van der Waals surface area (Å²) in [6.07, 6.45) is 0.933. The van der Waals surface area contributed by atoms with Crippen LogP contribution in [-0.2, 0) is 14.4 Å². The highest BCUT2D eigenvalue weighted by atomic mass is 35.5. The zero-order valence-corrected chi connectivity index (χ0v) is 14.8. The van der Waals surface area contributed by atoms with Gasteiger partial charge in [-0.1, -0.05) is 11.6 Å². The number of urea groups is 1. The van der Waals surface area contributed by atoms with Crippen LogP contribution >= 0.6 is 23.4 Å². The molecule has 1 aromatic heterocycles. The Bertz CT molecular complexity index is 951. The standard InChI is InChI=1S/C15H10ClN5O5S/c16-7-3-1-6(2-4-7)10-17-15(21-20-10)27-9(13(24)25)5-8-11(22)18-14(26)19-12(8)23/h1-5,8H,(H,24,25)(H,17,20,21)(H2,18,19,22,23,26)/b9-5+. The van der Waals surface area contributed by atoms with Crippen LogP contribution in [0, 0.1) is 5.92 Å². The van der Waals surface area contributed by atoms with Crippen molar-refractivity contribution in [3.63, 3.8) is 0 Å². The van der Waals surface area contributed by atoms with Crippen molar-refractivity contribution in [3.8, 4) is 11.4 Å². The molecule has 0 atom stereocenters. The SMILES string of the molecule is O=C1NC(=O)C(/C=C(/Sc2n[nH]c(-c3ccc(Cl)cc3)n2)C(=O)O)C(=O)N1. The summed E-state index contributed by atoms with van der Waals surface area (Å²) in [7, 11) is 0. The maximum atomic E-state index is 11.8. The zero-order valence-electron chi connectivity index (χ0n) is 13.2. The summed E-state index contributed by atoms with van der Waals surface area (Å²) in [5, 5.41) is 20.3. The van der Waals surface area contributed by atoms with E-state index in [-0.39, 0.29) is 10.1 Å². The highest BCUT2D eigenvalue weighted by Gasteiger charge is 2.33. The molecule has 27 heavy (non-hydrogen) atoms. The zero-order chi connectivity index (χ0) is 19.6. The number of aromatic nitrogens is 3. The summed E-state index contributed by atoms with van der Waals surface area (Å²) in [5.41, 5.74) is 0.684. The van der Waals surface area contributed by atoms with Gasteiger partial charge in [0.1, 0.15) is 5.92 Å². The molecule has 4 N–H and O–H groups in total. The van der Waals surface area contributed by atoms with Crippen LogP contribution < -0.4 is 10.6 Å². The second-order valence-corrected chi connectivity index (χ2v) is 6.64. The van der Waals surface area contributed by atoms with Gasteiger partial charge < -0.3 is 5.11 Å². The van der Waals surface area contributed by atoms with Crippen LogP contribution in [0.25, 0.3) is 11.4 Å². The Morgan fingerprint density at radius 1 is 1.15 bits per heavy atom. The van der Waals surface area contributed by atoms with E-state index in [9.17, 15) is 24.3 Å². The lowest BCUT2D eigenvalue weighted by atomic mass is 10.1. The number of carboxylic acids is 1. The van der Waals surface area contributed by atoms with Crippen LogP contribution in [0.5, 0.6) is 0 Å². The molecule has 10 nitrogen and oxygen atoms in total. The molecule has 0 bridgehead atoms. The van der Waals surface area contributed by atoms with Gasteiger partial charge in [0.2, 0.25) is 17.0 Å². The molecule has 138 valence electrons. The van der Waals surface area contributed by atoms with Crippen LogP contribution in [-0.4, -0.2) is 44.1 Å². The van der Waals surface area contributed by atoms with E-state index >= 15 is 0 Å². The van der Waals surface area contributed by atoms with E-state index in [1.54, 1.807) is 24.3 Å². The molecular weight excluding hydrogens is 398 g/mol. The molecule has 1 aromatic carbocycles. The fourth-order valence-electron chi connectivity index (χ4n) is 2.11. The lowest BCUT2D eigenvalue weighted by Gasteiger charge is -2.18. The molecule has 1 saturated heterocycles. The molecule has 0 unspecified atom stereocenters. The molecule has 1 aliphatic heterocycles. The van der Waals surface area contributed by atoms with Gasteiger partial charge >= 0.3 is 12.0 Å². The number of carboxylic acid groups (broad SMARTS) is 1. The van der Waals surface area contributed by atoms with Crippen molar-refractivity contribution in [1.29, 1.82) is 0 Å². The molecule has 1 aliphatic rings. The summed E-state index contributed by atoms with van der Waals surface area (Å²) in [4.78, 5) is 49.9. The van der Waals surface area contributed by atoms with E-state index in [2.05, 4.69) is 15.2 Å². The van der Waals surface area contributed by atoms with Crippen LogP contribution in [0.1, 0.15) is 0 Å². The molecule has 0 spiro atoms. The first kappa shape index (κ1) is 18.6. The third-order valence-corrected chi connectivity index (χ3v) is 4.50. The molecule has 3 rings (SSSR count). The van der Waals surface area contributed by atoms with Gasteiger partial charge in [0.25, 0.3) is 0 Å². The number of H-pyrrole nitrogens is 1. The molecular formula is C15H10ClN5O5S. The second kappa shape index (κ2) is 7.60. The van der Waals surface area contributed by atoms with E-state index in [1.807, 2.05) is 10.6 Å². The summed E-state index contributed by atoms with van der Waals surface area (Å²) in [5.74, 6) is -4.29. The molecule has 2 aromatic rings. The fourth-order valence-corrected chi connectivity index (χ4v) is 2.95. The van der Waals surface area contributed by atoms with Crippen molar-refractivity contribution in [2.75, 3.05) is 0 Å². The number of thioether (sulfide) groups is 1. The number of halogens is 1. The van der Waals surface area contributed by atoms with Crippen molar-refractivity contribution >= 4 is 47.2 Å². The Labute approximate surface area is 160 Å². The van der Waals surface area contributed by atoms with Gasteiger partial charge in [0.05, 0.1) is 4.91 Å². The summed E-state index contributed by atoms with van der Waals surface area (Å²) in [6, 6.07) is 5.78. The highest BCUT2D eigenvalue weighted by molar-refractivity contribution is 8.03. The number of rotatable bonds is 5. The Morgan fingerprint density at radius 3 is 2.37 bits per heavy atom. The first-order valence-corrected chi connectivity index (χ1v) is 8.50. The summed E-state index contributed by atoms with van der Waals surface area (Å²) < 4.78 is 0. The van der Waals surface area contributed by atoms with Crippen molar-refractivity contribution < 1.29 is 24.3 Å². The number of barbiturate groups is 1. The van der Waals surface area contributed by atoms with Gasteiger partial charge in [0.15, 0.2) is 5.82 Å². The van der Waals surface area contributed by atoms with Crippen molar-refractivity contribution in [3.05, 3.63) is 40.3 Å². The smallest absolute Gasteiger partial charge is 0.342 e. The van der Waals surface area contributed by atoms with Crippen molar-refractivity contribution in [1.82, 2.24) is 25.8 Å². The fraction of sp³-hybridized carbons (Fsp3) is 0.0667. The molecule has 0 radical (unpaired) electrons. The second-order valence-electron chi connectivity index (χ2n) is 5.20. The number of carbonyl (C=O) groups excluding carboxylic acids is 3. The molecule has 4 amide bonds. The van der Waals surface area contributed by atoms with Gasteiger partial charge in [-0.3, -0.25) is 25.3 Å². The topological polar surface area (TPSA) is 154 Å². The maximum absolute atomic E-state index is 11.8. The van der Waals surface area contributed by atoms with Crippen molar-refractivity contribution in [2.24, 2.45) is 5.92 Å². The molecule has 0 saturated carbocycles. The van der Waals surface area contributed by atoms with Crippen molar-refractivity contribution in [2.45, 2.75) is 5.16 Å². The monoisotopic (exact) mass is 407 g/mol. The van der Waals surface area contributed by atoms with Gasteiger partial charge in [0, 0.05) is 10.6 Å². The Kier molecular flexibility index (Phi) is 5.23. The van der Waals surface area contributed by atoms with Crippen LogP contribution in [0.3, 0.4) is 0 Å². The first-order valence-electron chi connectivity index (χ1n) is 7.30. The molecule has 1 fully saturated rings. The number of aliphatic carboxylic acids is 1. The number of benzene rings is 1. The van der Waals surface area contributed by atoms with Crippen LogP contribution in [0.2, 0.25) is 5.02 Å². The van der Waals surface area contributed by atoms with E-state index in [0.29, 0.717) is 28.2 Å². The van der Waals surface area contributed by atoms with E-state index < -0.39 is 29.7 Å². The van der Waals surface area contributed by atoms with Gasteiger partial charge in [-0.25, -0.2) is 14.6 Å². The van der Waals surface area contributed by atoms with E-state index in [4.69, 9.17) is 11.6 Å². The summed E-state index contributed by atoms with van der Waals surface area (Å²) in [6.45, 7) is 0. The number of aromatic amines is 1. The number of hydrogen-bond acceptors (Lipinski definition) is 7. The van der Waals surface area contributed by atoms with E-state index in [0.717, 1.165) is 6.08 Å². The normalized spacial score (nSPS) is 15.4. The predicted octanol–water partition coefficient (Wildman–Crippen LogP) is 1.17. The largest absolute Gasteiger partial charge is 0.477 e. The first-order chi connectivity index (χ1) is 12.8. The highest BCUT2D eigenvalue weighted by Crippen LogP contribution is 2.27. The lowest BCUT2D eigenvalue weighted by molar-refractivity contribution is -0.133. The predicted molar refractivity (Wildman–Crippen MR) is 93.6 cm³/mol. The Morgan fingerprint density at radius 2 is 1.78 bits per heavy atom. The molecule has 12 heteroatoms. The Hall–Kier alpha value is -3.18. The number of nitrogens with one attached hydrogen (secondary N) is 3. The molecule has 2 heterocycles. The minimum Gasteiger partial charge on any atom is -0.477 e. The van der Waals surface area contributed by atoms with Crippen LogP contribution in [0.4, 0.5) is 4.79 Å². The lowest BCUT2D eigenvalue weighted by Crippen LogP contribution is -2.55. The van der Waals surface area contributed by atoms with Gasteiger partial charge in [-0.2, -0.15) is 0 Å². The number of carbonyl (C=O) groups is 4. The number of hydrogen-bond donors (Lipinski definition) is 4. The number of amides is 4. The third kappa shape index (κ3) is 4.33. The average molecular weight is 408 g/mol. The Balaban J connectivity index is 1.82. The minimum absolute atomic E-state index is 0.0707. The summed E-state index contributed by atoms with van der Waals surface area (Å²) >= 11 is 6.47. The minimum atomic E-state index is -1.46. The van der Waals surface area contributed by atoms with Crippen LogP contribution in [0.15, 0.2) is 40.4 Å². The number of imide groups is 2. The average Bonchev–Trinajstić information content (AvgIpc) is 3.06. The number of nitrogens with zero attached hydrogens (tertiary/aromatic N) is 2. The quantitative estimate of drug-likeness (QED) is 0.327. The van der Waals surface area contributed by atoms with Gasteiger partial charge in [-0.05, 0) is 42.1 Å². The van der Waals surface area contributed by atoms with E-state index in [1.165, 1.54) is 0 Å². The molecule has 0 aliphatic carbocycles.